The topological polar surface area (TPSA) is 12.0 Å². The number of alkyl halides is 3. The fourth-order valence-electron chi connectivity index (χ4n) is 1.90. The van der Waals surface area contributed by atoms with Crippen molar-refractivity contribution in [2.45, 2.75) is 19.0 Å². The minimum atomic E-state index is -4.25. The summed E-state index contributed by atoms with van der Waals surface area (Å²) in [6, 6.07) is 5.32. The molecule has 1 aromatic rings. The lowest BCUT2D eigenvalue weighted by atomic mass is 10.0. The lowest BCUT2D eigenvalue weighted by Gasteiger charge is -2.15. The summed E-state index contributed by atoms with van der Waals surface area (Å²) in [7, 11) is 0. The van der Waals surface area contributed by atoms with Gasteiger partial charge in [0, 0.05) is 0 Å². The molecule has 0 atom stereocenters. The maximum Gasteiger partial charge on any atom is 0.416 e. The van der Waals surface area contributed by atoms with Gasteiger partial charge in [-0.2, -0.15) is 13.2 Å². The third-order valence-electron chi connectivity index (χ3n) is 2.85. The highest BCUT2D eigenvalue weighted by atomic mass is 19.4. The van der Waals surface area contributed by atoms with E-state index in [0.717, 1.165) is 43.6 Å². The molecule has 0 unspecified atom stereocenters. The molecule has 2 rings (SSSR count). The molecule has 0 bridgehead atoms. The number of piperidine rings is 1. The number of halogens is 3. The fraction of sp³-hybridized carbons (Fsp3) is 0.385. The molecule has 0 radical (unpaired) electrons. The minimum absolute atomic E-state index is 0.593. The van der Waals surface area contributed by atoms with Crippen molar-refractivity contribution >= 4 is 6.08 Å². The first-order valence-corrected chi connectivity index (χ1v) is 5.63. The molecule has 1 nitrogen and oxygen atoms in total. The molecule has 1 saturated heterocycles. The van der Waals surface area contributed by atoms with Gasteiger partial charge in [-0.05, 0) is 43.6 Å². The molecular weight excluding hydrogens is 227 g/mol. The summed E-state index contributed by atoms with van der Waals surface area (Å²) in [5.74, 6) is 0. The van der Waals surface area contributed by atoms with Gasteiger partial charge in [0.15, 0.2) is 0 Å². The second-order valence-corrected chi connectivity index (χ2v) is 4.17. The van der Waals surface area contributed by atoms with E-state index in [9.17, 15) is 13.2 Å². The fourth-order valence-corrected chi connectivity index (χ4v) is 1.90. The van der Waals surface area contributed by atoms with Crippen LogP contribution in [0.25, 0.3) is 6.08 Å². The molecule has 1 aromatic carbocycles. The normalized spacial score (nSPS) is 17.0. The van der Waals surface area contributed by atoms with E-state index < -0.39 is 11.7 Å². The van der Waals surface area contributed by atoms with Gasteiger partial charge in [-0.1, -0.05) is 23.8 Å². The van der Waals surface area contributed by atoms with Crippen molar-refractivity contribution in [2.24, 2.45) is 0 Å². The van der Waals surface area contributed by atoms with Crippen LogP contribution in [0.1, 0.15) is 24.0 Å². The first-order chi connectivity index (χ1) is 8.05. The summed E-state index contributed by atoms with van der Waals surface area (Å²) in [4.78, 5) is 0. The van der Waals surface area contributed by atoms with Crippen LogP contribution in [-0.4, -0.2) is 13.1 Å². The zero-order valence-electron chi connectivity index (χ0n) is 9.35. The average Bonchev–Trinajstić information content (AvgIpc) is 2.30. The van der Waals surface area contributed by atoms with E-state index in [1.54, 1.807) is 0 Å². The van der Waals surface area contributed by atoms with Crippen LogP contribution in [0.3, 0.4) is 0 Å². The molecule has 0 aromatic heterocycles. The van der Waals surface area contributed by atoms with E-state index in [4.69, 9.17) is 0 Å². The largest absolute Gasteiger partial charge is 0.416 e. The summed E-state index contributed by atoms with van der Waals surface area (Å²) in [6.07, 6.45) is -0.316. The molecule has 0 amide bonds. The van der Waals surface area contributed by atoms with Crippen molar-refractivity contribution in [2.75, 3.05) is 13.1 Å². The van der Waals surface area contributed by atoms with Gasteiger partial charge in [-0.25, -0.2) is 0 Å². The molecule has 4 heteroatoms. The third kappa shape index (κ3) is 3.33. The maximum atomic E-state index is 12.4. The highest BCUT2D eigenvalue weighted by Crippen LogP contribution is 2.29. The highest BCUT2D eigenvalue weighted by molar-refractivity contribution is 5.53. The molecule has 1 aliphatic rings. The van der Waals surface area contributed by atoms with Gasteiger partial charge in [-0.15, -0.1) is 0 Å². The predicted octanol–water partition coefficient (Wildman–Crippen LogP) is 3.47. The van der Waals surface area contributed by atoms with Gasteiger partial charge in [0.1, 0.15) is 0 Å². The summed E-state index contributed by atoms with van der Waals surface area (Å²) < 4.78 is 37.1. The average molecular weight is 241 g/mol. The Morgan fingerprint density at radius 1 is 1.00 bits per heavy atom. The Morgan fingerprint density at radius 3 is 2.12 bits per heavy atom. The zero-order chi connectivity index (χ0) is 12.3. The molecule has 92 valence electrons. The van der Waals surface area contributed by atoms with E-state index in [2.05, 4.69) is 5.32 Å². The van der Waals surface area contributed by atoms with Gasteiger partial charge < -0.3 is 5.32 Å². The maximum absolute atomic E-state index is 12.4. The molecule has 0 spiro atoms. The zero-order valence-corrected chi connectivity index (χ0v) is 9.35. The van der Waals surface area contributed by atoms with E-state index in [-0.39, 0.29) is 0 Å². The predicted molar refractivity (Wildman–Crippen MR) is 61.5 cm³/mol. The van der Waals surface area contributed by atoms with Crippen LogP contribution in [0.15, 0.2) is 29.8 Å². The standard InChI is InChI=1S/C13H14F3N/c14-13(15,16)12-3-1-10(2-4-12)9-11-5-7-17-8-6-11/h1-4,9,17H,5-8H2. The quantitative estimate of drug-likeness (QED) is 0.793. The summed E-state index contributed by atoms with van der Waals surface area (Å²) in [6.45, 7) is 1.90. The Hall–Kier alpha value is -1.29. The van der Waals surface area contributed by atoms with Gasteiger partial charge in [0.05, 0.1) is 5.56 Å². The monoisotopic (exact) mass is 241 g/mol. The van der Waals surface area contributed by atoms with Gasteiger partial charge >= 0.3 is 6.18 Å². The highest BCUT2D eigenvalue weighted by Gasteiger charge is 2.29. The molecule has 0 saturated carbocycles. The van der Waals surface area contributed by atoms with Crippen molar-refractivity contribution in [3.05, 3.63) is 41.0 Å². The molecule has 0 aliphatic carbocycles. The lowest BCUT2D eigenvalue weighted by molar-refractivity contribution is -0.137. The van der Waals surface area contributed by atoms with Crippen LogP contribution in [0, 0.1) is 0 Å². The van der Waals surface area contributed by atoms with Crippen molar-refractivity contribution in [3.63, 3.8) is 0 Å². The Balaban J connectivity index is 2.12. The Bertz CT molecular complexity index is 396. The van der Waals surface area contributed by atoms with Crippen LogP contribution in [-0.2, 0) is 6.18 Å². The van der Waals surface area contributed by atoms with E-state index in [1.165, 1.54) is 17.7 Å². The van der Waals surface area contributed by atoms with Crippen LogP contribution in [0.4, 0.5) is 13.2 Å². The van der Waals surface area contributed by atoms with Gasteiger partial charge in [-0.3, -0.25) is 0 Å². The van der Waals surface area contributed by atoms with Gasteiger partial charge in [0.2, 0.25) is 0 Å². The number of rotatable bonds is 1. The first kappa shape index (κ1) is 12.2. The second kappa shape index (κ2) is 4.92. The molecule has 1 fully saturated rings. The SMILES string of the molecule is FC(F)(F)c1ccc(C=C2CCNCC2)cc1. The van der Waals surface area contributed by atoms with Crippen LogP contribution in [0.2, 0.25) is 0 Å². The van der Waals surface area contributed by atoms with Crippen LogP contribution >= 0.6 is 0 Å². The van der Waals surface area contributed by atoms with Crippen molar-refractivity contribution in [3.8, 4) is 0 Å². The van der Waals surface area contributed by atoms with E-state index in [1.807, 2.05) is 6.08 Å². The van der Waals surface area contributed by atoms with Crippen molar-refractivity contribution < 1.29 is 13.2 Å². The molecule has 1 aliphatic heterocycles. The Morgan fingerprint density at radius 2 is 1.59 bits per heavy atom. The Labute approximate surface area is 98.3 Å². The first-order valence-electron chi connectivity index (χ1n) is 5.63. The molecule has 17 heavy (non-hydrogen) atoms. The molecule has 1 N–H and O–H groups in total. The molecular formula is C13H14F3N. The molecule has 1 heterocycles. The van der Waals surface area contributed by atoms with E-state index >= 15 is 0 Å². The van der Waals surface area contributed by atoms with Gasteiger partial charge in [0.25, 0.3) is 0 Å². The summed E-state index contributed by atoms with van der Waals surface area (Å²) >= 11 is 0. The lowest BCUT2D eigenvalue weighted by Crippen LogP contribution is -2.22. The second-order valence-electron chi connectivity index (χ2n) is 4.17. The minimum Gasteiger partial charge on any atom is -0.316 e. The number of hydrogen-bond donors (Lipinski definition) is 1. The van der Waals surface area contributed by atoms with Crippen molar-refractivity contribution in [1.82, 2.24) is 5.32 Å². The van der Waals surface area contributed by atoms with Crippen molar-refractivity contribution in [1.29, 1.82) is 0 Å². The number of benzene rings is 1. The van der Waals surface area contributed by atoms with Crippen LogP contribution in [0.5, 0.6) is 0 Å². The third-order valence-corrected chi connectivity index (χ3v) is 2.85. The Kier molecular flexibility index (Phi) is 3.52. The number of nitrogens with one attached hydrogen (secondary N) is 1. The summed E-state index contributed by atoms with van der Waals surface area (Å²) in [5.41, 5.74) is 1.54. The van der Waals surface area contributed by atoms with Crippen LogP contribution < -0.4 is 5.32 Å². The summed E-state index contributed by atoms with van der Waals surface area (Å²) in [5, 5.41) is 3.24. The number of hydrogen-bond acceptors (Lipinski definition) is 1. The smallest absolute Gasteiger partial charge is 0.316 e. The van der Waals surface area contributed by atoms with E-state index in [0.29, 0.717) is 0 Å².